The van der Waals surface area contributed by atoms with E-state index < -0.39 is 45.5 Å². The first-order chi connectivity index (χ1) is 28.2. The molecule has 334 valence electrons. The van der Waals surface area contributed by atoms with Gasteiger partial charge in [0.15, 0.2) is 11.5 Å². The molecule has 2 saturated carbocycles. The quantitative estimate of drug-likeness (QED) is 0.0337. The zero-order valence-electron chi connectivity index (χ0n) is 37.1. The molecule has 60 heavy (non-hydrogen) atoms. The van der Waals surface area contributed by atoms with Gasteiger partial charge in [-0.15, -0.1) is 0 Å². The van der Waals surface area contributed by atoms with Crippen molar-refractivity contribution in [1.29, 1.82) is 0 Å². The molecule has 0 unspecified atom stereocenters. The topological polar surface area (TPSA) is 199 Å². The van der Waals surface area contributed by atoms with E-state index in [2.05, 4.69) is 19.9 Å². The van der Waals surface area contributed by atoms with Crippen LogP contribution in [0.15, 0.2) is 12.1 Å². The van der Waals surface area contributed by atoms with Gasteiger partial charge in [0.05, 0.1) is 21.7 Å². The van der Waals surface area contributed by atoms with Crippen LogP contribution in [0.25, 0.3) is 0 Å². The lowest BCUT2D eigenvalue weighted by molar-refractivity contribution is -0.148. The molecule has 6 N–H and O–H groups in total. The van der Waals surface area contributed by atoms with Crippen molar-refractivity contribution in [1.82, 2.24) is 0 Å². The van der Waals surface area contributed by atoms with Gasteiger partial charge in [-0.05, 0) is 184 Å². The van der Waals surface area contributed by atoms with Crippen molar-refractivity contribution < 1.29 is 54.6 Å². The number of aromatic hydroxyl groups is 2. The predicted octanol–water partition coefficient (Wildman–Crippen LogP) is 10.9. The first-order valence-corrected chi connectivity index (χ1v) is 22.4. The van der Waals surface area contributed by atoms with E-state index >= 15 is 0 Å². The van der Waals surface area contributed by atoms with Crippen LogP contribution in [0.2, 0.25) is 0 Å². The number of rotatable bonds is 29. The van der Waals surface area contributed by atoms with Gasteiger partial charge in [0, 0.05) is 5.56 Å². The Labute approximate surface area is 357 Å². The summed E-state index contributed by atoms with van der Waals surface area (Å²) in [6.07, 6.45) is 15.5. The maximum Gasteiger partial charge on any atom is 0.309 e. The maximum absolute atomic E-state index is 11.8. The normalized spacial score (nSPS) is 15.4. The number of unbranched alkanes of at least 4 members (excludes halogenated alkanes) is 6. The molecule has 2 aliphatic carbocycles. The lowest BCUT2D eigenvalue weighted by Gasteiger charge is -2.22. The molecule has 0 atom stereocenters. The number of benzene rings is 2. The van der Waals surface area contributed by atoms with Crippen LogP contribution in [0.3, 0.4) is 0 Å². The highest BCUT2D eigenvalue weighted by molar-refractivity contribution is 5.78. The molecule has 2 fully saturated rings. The van der Waals surface area contributed by atoms with Crippen molar-refractivity contribution in [3.8, 4) is 17.2 Å². The minimum atomic E-state index is -0.841. The van der Waals surface area contributed by atoms with E-state index in [4.69, 9.17) is 4.74 Å². The van der Waals surface area contributed by atoms with Gasteiger partial charge in [0.1, 0.15) is 12.4 Å². The molecule has 2 aromatic carbocycles. The molecular formula is C49H72O11. The second-order valence-corrected chi connectivity index (χ2v) is 19.5. The van der Waals surface area contributed by atoms with E-state index in [1.54, 1.807) is 33.8 Å². The molecule has 0 radical (unpaired) electrons. The summed E-state index contributed by atoms with van der Waals surface area (Å²) in [7, 11) is 0. The summed E-state index contributed by atoms with van der Waals surface area (Å²) < 4.78 is 6.76. The van der Waals surface area contributed by atoms with Crippen molar-refractivity contribution in [2.75, 3.05) is 0 Å². The number of aliphatic carboxylic acids is 4. The third kappa shape index (κ3) is 12.6. The number of hydrogen-bond acceptors (Lipinski definition) is 7. The van der Waals surface area contributed by atoms with Crippen molar-refractivity contribution in [2.45, 2.75) is 189 Å². The first-order valence-electron chi connectivity index (χ1n) is 22.4. The zero-order chi connectivity index (χ0) is 44.5. The summed E-state index contributed by atoms with van der Waals surface area (Å²) >= 11 is 0. The summed E-state index contributed by atoms with van der Waals surface area (Å²) in [5, 5.41) is 60.8. The third-order valence-electron chi connectivity index (χ3n) is 13.9. The average Bonchev–Trinajstić information content (AvgIpc) is 4.12. The number of carbonyl (C=O) groups is 4. The number of carboxylic acids is 4. The molecule has 0 saturated heterocycles. The van der Waals surface area contributed by atoms with Gasteiger partial charge in [-0.2, -0.15) is 0 Å². The van der Waals surface area contributed by atoms with Gasteiger partial charge in [-0.1, -0.05) is 44.6 Å². The number of ether oxygens (including phenoxy) is 1. The van der Waals surface area contributed by atoms with Crippen LogP contribution in [-0.4, -0.2) is 54.5 Å². The van der Waals surface area contributed by atoms with Crippen LogP contribution in [0.1, 0.15) is 182 Å². The molecule has 0 amide bonds. The summed E-state index contributed by atoms with van der Waals surface area (Å²) in [5.74, 6) is -3.03. The predicted molar refractivity (Wildman–Crippen MR) is 231 cm³/mol. The summed E-state index contributed by atoms with van der Waals surface area (Å²) in [5.41, 5.74) is 4.20. The number of carboxylic acid groups (broad SMARTS) is 4. The molecule has 4 rings (SSSR count). The lowest BCUT2D eigenvalue weighted by Crippen LogP contribution is -2.23. The highest BCUT2D eigenvalue weighted by atomic mass is 16.5. The van der Waals surface area contributed by atoms with E-state index in [-0.39, 0.29) is 18.1 Å². The summed E-state index contributed by atoms with van der Waals surface area (Å²) in [6, 6.07) is 3.75. The minimum absolute atomic E-state index is 0.209. The Morgan fingerprint density at radius 1 is 0.567 bits per heavy atom. The van der Waals surface area contributed by atoms with Gasteiger partial charge in [-0.25, -0.2) is 0 Å². The Kier molecular flexibility index (Phi) is 16.6. The average molecular weight is 837 g/mol. The van der Waals surface area contributed by atoms with Gasteiger partial charge in [0.2, 0.25) is 0 Å². The van der Waals surface area contributed by atoms with Crippen molar-refractivity contribution in [3.63, 3.8) is 0 Å². The van der Waals surface area contributed by atoms with Crippen molar-refractivity contribution in [3.05, 3.63) is 51.1 Å². The second kappa shape index (κ2) is 20.5. The molecule has 0 heterocycles. The van der Waals surface area contributed by atoms with Crippen LogP contribution in [0.4, 0.5) is 0 Å². The number of hydrogen-bond donors (Lipinski definition) is 6. The van der Waals surface area contributed by atoms with Crippen molar-refractivity contribution in [2.24, 2.45) is 21.7 Å². The molecular weight excluding hydrogens is 765 g/mol. The fourth-order valence-electron chi connectivity index (χ4n) is 8.69. The fraction of sp³-hybridized carbons (Fsp3) is 0.673. The Morgan fingerprint density at radius 3 is 1.45 bits per heavy atom. The van der Waals surface area contributed by atoms with Crippen LogP contribution in [0.5, 0.6) is 17.2 Å². The molecule has 0 aromatic heterocycles. The monoisotopic (exact) mass is 837 g/mol. The maximum atomic E-state index is 11.8. The lowest BCUT2D eigenvalue weighted by atomic mass is 9.85. The molecule has 0 aliphatic heterocycles. The van der Waals surface area contributed by atoms with E-state index in [1.807, 2.05) is 0 Å². The molecule has 2 aliphatic rings. The number of phenols is 2. The molecule has 0 spiro atoms. The summed E-state index contributed by atoms with van der Waals surface area (Å²) in [6.45, 7) is 11.4. The zero-order valence-corrected chi connectivity index (χ0v) is 37.1. The van der Waals surface area contributed by atoms with E-state index in [0.29, 0.717) is 88.4 Å². The molecule has 0 bridgehead atoms. The smallest absolute Gasteiger partial charge is 0.309 e. The third-order valence-corrected chi connectivity index (χ3v) is 13.9. The van der Waals surface area contributed by atoms with E-state index in [9.17, 15) is 49.8 Å². The van der Waals surface area contributed by atoms with Crippen molar-refractivity contribution >= 4 is 23.9 Å². The molecule has 11 heteroatoms. The Balaban J connectivity index is 1.59. The van der Waals surface area contributed by atoms with Crippen LogP contribution in [0, 0.1) is 35.5 Å². The van der Waals surface area contributed by atoms with Crippen LogP contribution >= 0.6 is 0 Å². The number of phenolic OH excluding ortho intramolecular Hbond substituents is 2. The van der Waals surface area contributed by atoms with Gasteiger partial charge >= 0.3 is 23.9 Å². The van der Waals surface area contributed by atoms with Gasteiger partial charge in [0.25, 0.3) is 0 Å². The Morgan fingerprint density at radius 2 is 1.00 bits per heavy atom. The van der Waals surface area contributed by atoms with Crippen LogP contribution in [-0.2, 0) is 51.5 Å². The molecule has 2 aromatic rings. The SMILES string of the molecule is Cc1c(CCCCC2(C(=O)O)CC2)cc(COc2c(CCCCC3(C(=O)O)CC3)cc(O)c(O)c2CCCCCC(C)(C)C(=O)O)c(C)c1CCCCCC(C)(C)C(=O)O. The van der Waals surface area contributed by atoms with Crippen LogP contribution < -0.4 is 4.74 Å². The second-order valence-electron chi connectivity index (χ2n) is 19.5. The Hall–Kier alpha value is -4.28. The van der Waals surface area contributed by atoms with Gasteiger partial charge in [-0.3, -0.25) is 19.2 Å². The fourth-order valence-corrected chi connectivity index (χ4v) is 8.69. The van der Waals surface area contributed by atoms with E-state index in [0.717, 1.165) is 80.9 Å². The highest BCUT2D eigenvalue weighted by Gasteiger charge is 2.50. The standard InChI is InChI=1S/C49H72O11/c1-32-34(17-11-15-23-48(25-26-48)44(56)57)29-36(33(2)37(32)19-9-7-13-21-46(3,4)42(52)53)31-60-41-35(18-12-16-24-49(27-28-49)45(58)59)30-39(50)40(51)38(41)20-10-8-14-22-47(5,6)43(54)55/h29-30,50-51H,7-28,31H2,1-6H3,(H,52,53)(H,54,55)(H,56,57)(H,58,59). The Bertz CT molecular complexity index is 1850. The largest absolute Gasteiger partial charge is 0.504 e. The minimum Gasteiger partial charge on any atom is -0.504 e. The van der Waals surface area contributed by atoms with Gasteiger partial charge < -0.3 is 35.4 Å². The first kappa shape index (κ1) is 48.4. The molecule has 11 nitrogen and oxygen atoms in total. The summed E-state index contributed by atoms with van der Waals surface area (Å²) in [4.78, 5) is 46.9. The highest BCUT2D eigenvalue weighted by Crippen LogP contribution is 2.51. The number of aryl methyl sites for hydroxylation is 2. The van der Waals surface area contributed by atoms with E-state index in [1.165, 1.54) is 16.7 Å².